The van der Waals surface area contributed by atoms with Crippen molar-refractivity contribution in [3.05, 3.63) is 108 Å². The number of rotatable bonds is 7. The van der Waals surface area contributed by atoms with E-state index in [2.05, 4.69) is 111 Å². The van der Waals surface area contributed by atoms with Crippen LogP contribution >= 0.6 is 0 Å². The number of hydrogen-bond acceptors (Lipinski definition) is 0. The zero-order valence-corrected chi connectivity index (χ0v) is 22.5. The van der Waals surface area contributed by atoms with Crippen LogP contribution in [0.4, 0.5) is 0 Å². The van der Waals surface area contributed by atoms with E-state index in [4.69, 9.17) is 0 Å². The second-order valence-corrected chi connectivity index (χ2v) is 11.0. The lowest BCUT2D eigenvalue weighted by Gasteiger charge is -2.18. The number of unbranched alkanes of at least 4 members (excludes halogenated alkanes) is 2. The molecule has 38 heavy (non-hydrogen) atoms. The van der Waals surface area contributed by atoms with Crippen LogP contribution in [0.25, 0.3) is 65.0 Å². The predicted octanol–water partition coefficient (Wildman–Crippen LogP) is 11.2. The Labute approximate surface area is 225 Å². The summed E-state index contributed by atoms with van der Waals surface area (Å²) < 4.78 is 0. The summed E-state index contributed by atoms with van der Waals surface area (Å²) in [4.78, 5) is 0. The molecule has 0 spiro atoms. The van der Waals surface area contributed by atoms with Crippen molar-refractivity contribution in [1.29, 1.82) is 0 Å². The highest BCUT2D eigenvalue weighted by Gasteiger charge is 2.17. The van der Waals surface area contributed by atoms with Crippen molar-refractivity contribution in [3.8, 4) is 11.1 Å². The molecule has 0 amide bonds. The molecular weight excluding hydrogens is 456 g/mol. The standard InChI is InChI=1S/C38H34/c1-3-5-9-25-15-20-32-29(21-25)18-16-28-12-8-14-33(37(28)32)34-24-30-13-7-11-27-17-19-31-22-26(10-6-4-2)23-35(34)38(31)36(27)30/h7-8,11-24H,3-6,9-10H2,1-2H3. The van der Waals surface area contributed by atoms with Gasteiger partial charge >= 0.3 is 0 Å². The van der Waals surface area contributed by atoms with E-state index < -0.39 is 0 Å². The van der Waals surface area contributed by atoms with Crippen LogP contribution in [-0.2, 0) is 12.8 Å². The fraction of sp³-hybridized carbons (Fsp3) is 0.211. The monoisotopic (exact) mass is 490 g/mol. The first-order valence-electron chi connectivity index (χ1n) is 14.4. The lowest BCUT2D eigenvalue weighted by Crippen LogP contribution is -1.93. The van der Waals surface area contributed by atoms with Gasteiger partial charge in [-0.1, -0.05) is 118 Å². The van der Waals surface area contributed by atoms with Gasteiger partial charge in [0.2, 0.25) is 0 Å². The van der Waals surface area contributed by atoms with Gasteiger partial charge in [0.05, 0.1) is 0 Å². The fourth-order valence-corrected chi connectivity index (χ4v) is 6.57. The Kier molecular flexibility index (Phi) is 5.77. The molecule has 0 fully saturated rings. The Hall–Kier alpha value is -3.90. The highest BCUT2D eigenvalue weighted by molar-refractivity contribution is 6.28. The molecule has 0 unspecified atom stereocenters. The number of benzene rings is 7. The minimum atomic E-state index is 1.13. The van der Waals surface area contributed by atoms with Crippen LogP contribution in [0, 0.1) is 0 Å². The van der Waals surface area contributed by atoms with Crippen molar-refractivity contribution in [2.75, 3.05) is 0 Å². The topological polar surface area (TPSA) is 0 Å². The molecule has 0 bridgehead atoms. The summed E-state index contributed by atoms with van der Waals surface area (Å²) in [7, 11) is 0. The first-order valence-corrected chi connectivity index (χ1v) is 14.4. The quantitative estimate of drug-likeness (QED) is 0.195. The molecule has 0 atom stereocenters. The molecule has 0 aliphatic heterocycles. The van der Waals surface area contributed by atoms with Crippen molar-refractivity contribution in [1.82, 2.24) is 0 Å². The second-order valence-electron chi connectivity index (χ2n) is 11.0. The van der Waals surface area contributed by atoms with Gasteiger partial charge in [0.15, 0.2) is 0 Å². The summed E-state index contributed by atoms with van der Waals surface area (Å²) in [6, 6.07) is 37.4. The Balaban J connectivity index is 1.57. The van der Waals surface area contributed by atoms with Crippen molar-refractivity contribution >= 4 is 53.9 Å². The van der Waals surface area contributed by atoms with Crippen molar-refractivity contribution in [2.24, 2.45) is 0 Å². The SMILES string of the molecule is CCCCc1ccc2c(ccc3cccc(-c4cc5cccc6ccc7cc(CCCC)cc4c7c65)c32)c1. The Morgan fingerprint density at radius 1 is 0.421 bits per heavy atom. The van der Waals surface area contributed by atoms with Crippen LogP contribution in [0.1, 0.15) is 50.7 Å². The van der Waals surface area contributed by atoms with E-state index in [1.165, 1.54) is 102 Å². The highest BCUT2D eigenvalue weighted by atomic mass is 14.2. The number of aryl methyl sites for hydroxylation is 2. The molecule has 0 saturated heterocycles. The van der Waals surface area contributed by atoms with Gasteiger partial charge in [-0.3, -0.25) is 0 Å². The third kappa shape index (κ3) is 3.74. The number of fused-ring (bicyclic) bond motifs is 3. The first-order chi connectivity index (χ1) is 18.7. The van der Waals surface area contributed by atoms with Crippen LogP contribution in [0.2, 0.25) is 0 Å². The first kappa shape index (κ1) is 23.2. The van der Waals surface area contributed by atoms with Gasteiger partial charge in [-0.2, -0.15) is 0 Å². The Bertz CT molecular complexity index is 1940. The molecule has 0 saturated carbocycles. The third-order valence-corrected chi connectivity index (χ3v) is 8.49. The summed E-state index contributed by atoms with van der Waals surface area (Å²) in [5.74, 6) is 0. The van der Waals surface area contributed by atoms with E-state index in [9.17, 15) is 0 Å². The van der Waals surface area contributed by atoms with Gasteiger partial charge in [-0.05, 0) is 108 Å². The molecule has 0 aliphatic rings. The van der Waals surface area contributed by atoms with Crippen LogP contribution < -0.4 is 0 Å². The van der Waals surface area contributed by atoms with Crippen molar-refractivity contribution in [2.45, 2.75) is 52.4 Å². The van der Waals surface area contributed by atoms with Gasteiger partial charge in [-0.25, -0.2) is 0 Å². The molecule has 0 nitrogen and oxygen atoms in total. The Morgan fingerprint density at radius 3 is 1.87 bits per heavy atom. The maximum Gasteiger partial charge on any atom is -0.00204 e. The van der Waals surface area contributed by atoms with Gasteiger partial charge in [-0.15, -0.1) is 0 Å². The van der Waals surface area contributed by atoms with E-state index in [1.54, 1.807) is 0 Å². The van der Waals surface area contributed by atoms with E-state index in [0.717, 1.165) is 12.8 Å². The zero-order valence-electron chi connectivity index (χ0n) is 22.5. The number of hydrogen-bond donors (Lipinski definition) is 0. The molecular formula is C38H34. The molecule has 7 rings (SSSR count). The molecule has 7 aromatic rings. The average molecular weight is 491 g/mol. The molecule has 0 aromatic heterocycles. The van der Waals surface area contributed by atoms with Crippen LogP contribution in [0.5, 0.6) is 0 Å². The fourth-order valence-electron chi connectivity index (χ4n) is 6.57. The molecule has 0 radical (unpaired) electrons. The van der Waals surface area contributed by atoms with Crippen molar-refractivity contribution in [3.63, 3.8) is 0 Å². The van der Waals surface area contributed by atoms with Crippen molar-refractivity contribution < 1.29 is 0 Å². The maximum atomic E-state index is 2.49. The van der Waals surface area contributed by atoms with E-state index >= 15 is 0 Å². The zero-order chi connectivity index (χ0) is 25.6. The van der Waals surface area contributed by atoms with E-state index in [0.29, 0.717) is 0 Å². The van der Waals surface area contributed by atoms with Gasteiger partial charge in [0.1, 0.15) is 0 Å². The lowest BCUT2D eigenvalue weighted by molar-refractivity contribution is 0.796. The van der Waals surface area contributed by atoms with Gasteiger partial charge in [0, 0.05) is 0 Å². The summed E-state index contributed by atoms with van der Waals surface area (Å²) in [6.45, 7) is 4.55. The normalized spacial score (nSPS) is 12.1. The third-order valence-electron chi connectivity index (χ3n) is 8.49. The molecule has 0 heterocycles. The molecule has 0 N–H and O–H groups in total. The maximum absolute atomic E-state index is 2.49. The lowest BCUT2D eigenvalue weighted by atomic mass is 9.85. The Morgan fingerprint density at radius 2 is 1.05 bits per heavy atom. The summed E-state index contributed by atoms with van der Waals surface area (Å²) >= 11 is 0. The van der Waals surface area contributed by atoms with Crippen LogP contribution in [0.15, 0.2) is 97.1 Å². The smallest absolute Gasteiger partial charge is 0.00204 e. The largest absolute Gasteiger partial charge is 0.0654 e. The second kappa shape index (κ2) is 9.44. The molecule has 7 aromatic carbocycles. The molecule has 0 aliphatic carbocycles. The van der Waals surface area contributed by atoms with Gasteiger partial charge in [0.25, 0.3) is 0 Å². The molecule has 0 heteroatoms. The summed E-state index contributed by atoms with van der Waals surface area (Å²) in [5, 5.41) is 13.6. The van der Waals surface area contributed by atoms with E-state index in [1.807, 2.05) is 0 Å². The van der Waals surface area contributed by atoms with Crippen LogP contribution in [-0.4, -0.2) is 0 Å². The van der Waals surface area contributed by atoms with Gasteiger partial charge < -0.3 is 0 Å². The predicted molar refractivity (Wildman–Crippen MR) is 168 cm³/mol. The van der Waals surface area contributed by atoms with Crippen LogP contribution in [0.3, 0.4) is 0 Å². The molecule has 186 valence electrons. The van der Waals surface area contributed by atoms with E-state index in [-0.39, 0.29) is 0 Å². The summed E-state index contributed by atoms with van der Waals surface area (Å²) in [5.41, 5.74) is 5.59. The minimum Gasteiger partial charge on any atom is -0.0654 e. The summed E-state index contributed by atoms with van der Waals surface area (Å²) in [6.07, 6.45) is 7.20. The highest BCUT2D eigenvalue weighted by Crippen LogP contribution is 2.44. The minimum absolute atomic E-state index is 1.13. The average Bonchev–Trinajstić information content (AvgIpc) is 2.96.